The third-order valence-electron chi connectivity index (χ3n) is 8.13. The molecule has 1 heterocycles. The minimum atomic E-state index is -3.98. The fraction of sp³-hybridized carbons (Fsp3) is 0.242. The van der Waals surface area contributed by atoms with Gasteiger partial charge in [0.05, 0.1) is 0 Å². The summed E-state index contributed by atoms with van der Waals surface area (Å²) in [5, 5.41) is 5.62. The summed E-state index contributed by atoms with van der Waals surface area (Å²) < 4.78 is 12.8. The van der Waals surface area contributed by atoms with Crippen molar-refractivity contribution in [3.8, 4) is 0 Å². The number of amides is 1. The predicted molar refractivity (Wildman–Crippen MR) is 162 cm³/mol. The van der Waals surface area contributed by atoms with E-state index >= 15 is 0 Å². The molecular formula is C33H35ClNO3P. The van der Waals surface area contributed by atoms with Gasteiger partial charge in [-0.25, -0.2) is 0 Å². The number of rotatable bonds is 9. The molecule has 1 saturated heterocycles. The van der Waals surface area contributed by atoms with Crippen LogP contribution in [0.5, 0.6) is 0 Å². The van der Waals surface area contributed by atoms with Crippen LogP contribution < -0.4 is 15.7 Å². The van der Waals surface area contributed by atoms with E-state index in [9.17, 15) is 4.79 Å². The van der Waals surface area contributed by atoms with Crippen molar-refractivity contribution in [1.29, 1.82) is 0 Å². The van der Waals surface area contributed by atoms with Crippen molar-refractivity contribution in [2.75, 3.05) is 7.11 Å². The van der Waals surface area contributed by atoms with Crippen LogP contribution in [-0.2, 0) is 15.7 Å². The van der Waals surface area contributed by atoms with Gasteiger partial charge in [0.2, 0.25) is 0 Å². The van der Waals surface area contributed by atoms with E-state index in [0.29, 0.717) is 11.4 Å². The van der Waals surface area contributed by atoms with Gasteiger partial charge in [-0.3, -0.25) is 0 Å². The third-order valence-corrected chi connectivity index (χ3v) is 14.5. The molecule has 1 fully saturated rings. The van der Waals surface area contributed by atoms with E-state index in [2.05, 4.69) is 72.7 Å². The zero-order chi connectivity index (χ0) is 27.4. The Hall–Kier alpha value is -3.17. The Kier molecular flexibility index (Phi) is 7.82. The number of ether oxygens (including phenoxy) is 1. The Morgan fingerprint density at radius 2 is 1.41 bits per heavy atom. The molecule has 0 aliphatic carbocycles. The fourth-order valence-electron chi connectivity index (χ4n) is 6.40. The van der Waals surface area contributed by atoms with Crippen molar-refractivity contribution in [2.45, 2.75) is 43.9 Å². The molecule has 1 amide bonds. The number of benzene rings is 4. The average molecular weight is 560 g/mol. The van der Waals surface area contributed by atoms with Crippen molar-refractivity contribution in [3.05, 3.63) is 131 Å². The maximum absolute atomic E-state index is 13.5. The summed E-state index contributed by atoms with van der Waals surface area (Å²) in [6.45, 7) is -1.77. The van der Waals surface area contributed by atoms with E-state index in [4.69, 9.17) is 20.9 Å². The standard InChI is InChI=1S/C33H35ClNO3P/c1-3-4-24-33(25-26-14-8-5-9-15-26)31(27-20-22-28(34)23-21-27)38-39(33,35-32(36)37-2,29-16-10-6-11-17-29)30-18-12-7-13-19-30/h5-23,31H,3-4,24-25H2,1-2H3,(H,35,36). The van der Waals surface area contributed by atoms with E-state index in [1.807, 2.05) is 54.6 Å². The maximum atomic E-state index is 13.5. The van der Waals surface area contributed by atoms with Crippen LogP contribution in [0.2, 0.25) is 5.02 Å². The third kappa shape index (κ3) is 4.36. The molecule has 202 valence electrons. The van der Waals surface area contributed by atoms with Gasteiger partial charge in [-0.05, 0) is 0 Å². The molecule has 4 aromatic rings. The monoisotopic (exact) mass is 559 g/mol. The van der Waals surface area contributed by atoms with Crippen LogP contribution >= 0.6 is 18.6 Å². The molecule has 4 aromatic carbocycles. The van der Waals surface area contributed by atoms with Gasteiger partial charge in [-0.2, -0.15) is 0 Å². The first-order valence-electron chi connectivity index (χ1n) is 13.5. The van der Waals surface area contributed by atoms with Gasteiger partial charge in [0, 0.05) is 0 Å². The number of methoxy groups -OCH3 is 1. The second kappa shape index (κ2) is 11.1. The minimum absolute atomic E-state index is 0.281. The SMILES string of the molecule is CCCCC1(Cc2ccccc2)C(c2ccc(Cl)cc2)OP1(NC(=O)OC)(c1ccccc1)c1ccccc1. The molecule has 6 heteroatoms. The summed E-state index contributed by atoms with van der Waals surface area (Å²) >= 11 is 6.32. The van der Waals surface area contributed by atoms with Gasteiger partial charge in [0.15, 0.2) is 0 Å². The van der Waals surface area contributed by atoms with Crippen LogP contribution in [0.3, 0.4) is 0 Å². The Morgan fingerprint density at radius 3 is 1.92 bits per heavy atom. The summed E-state index contributed by atoms with van der Waals surface area (Å²) in [7, 11) is 1.42. The van der Waals surface area contributed by atoms with Crippen LogP contribution in [0.4, 0.5) is 4.79 Å². The molecule has 4 nitrogen and oxygen atoms in total. The van der Waals surface area contributed by atoms with E-state index in [-0.39, 0.29) is 6.10 Å². The average Bonchev–Trinajstić information content (AvgIpc) is 2.99. The van der Waals surface area contributed by atoms with Crippen LogP contribution in [0.15, 0.2) is 115 Å². The molecule has 0 aromatic heterocycles. The zero-order valence-electron chi connectivity index (χ0n) is 22.4. The normalized spacial score (nSPS) is 22.0. The van der Waals surface area contributed by atoms with E-state index in [1.165, 1.54) is 12.7 Å². The first-order valence-corrected chi connectivity index (χ1v) is 16.0. The van der Waals surface area contributed by atoms with Crippen molar-refractivity contribution in [3.63, 3.8) is 0 Å². The van der Waals surface area contributed by atoms with E-state index in [1.54, 1.807) is 0 Å². The molecule has 0 radical (unpaired) electrons. The van der Waals surface area contributed by atoms with Crippen LogP contribution in [0, 0.1) is 0 Å². The first-order chi connectivity index (χ1) is 19.0. The molecule has 2 atom stereocenters. The van der Waals surface area contributed by atoms with Crippen LogP contribution in [0.25, 0.3) is 0 Å². The van der Waals surface area contributed by atoms with Gasteiger partial charge in [0.1, 0.15) is 0 Å². The number of halogens is 1. The number of carbonyl (C=O) groups is 1. The predicted octanol–water partition coefficient (Wildman–Crippen LogP) is 7.97. The molecule has 0 bridgehead atoms. The zero-order valence-corrected chi connectivity index (χ0v) is 24.1. The van der Waals surface area contributed by atoms with Crippen molar-refractivity contribution in [2.24, 2.45) is 0 Å². The van der Waals surface area contributed by atoms with Gasteiger partial charge in [0.25, 0.3) is 0 Å². The molecule has 2 unspecified atom stereocenters. The molecule has 0 spiro atoms. The molecule has 39 heavy (non-hydrogen) atoms. The van der Waals surface area contributed by atoms with E-state index in [0.717, 1.165) is 35.4 Å². The Balaban J connectivity index is 1.90. The molecule has 1 N–H and O–H groups in total. The molecule has 1 aliphatic heterocycles. The van der Waals surface area contributed by atoms with Gasteiger partial charge < -0.3 is 0 Å². The topological polar surface area (TPSA) is 47.6 Å². The molecule has 1 aliphatic rings. The van der Waals surface area contributed by atoms with Crippen LogP contribution in [0.1, 0.15) is 43.4 Å². The second-order valence-corrected chi connectivity index (χ2v) is 15.1. The summed E-state index contributed by atoms with van der Waals surface area (Å²) in [6, 6.07) is 39.0. The molecule has 5 rings (SSSR count). The van der Waals surface area contributed by atoms with Crippen molar-refractivity contribution < 1.29 is 14.1 Å². The Bertz CT molecular complexity index is 1360. The number of nitrogens with one attached hydrogen (secondary N) is 1. The number of hydrogen-bond acceptors (Lipinski definition) is 3. The molecular weight excluding hydrogens is 525 g/mol. The number of unbranched alkanes of at least 4 members (excludes halogenated alkanes) is 1. The summed E-state index contributed by atoms with van der Waals surface area (Å²) in [6.07, 6.45) is 2.77. The van der Waals surface area contributed by atoms with Crippen LogP contribution in [-0.4, -0.2) is 18.4 Å². The molecule has 0 saturated carbocycles. The van der Waals surface area contributed by atoms with Crippen molar-refractivity contribution >= 4 is 35.3 Å². The van der Waals surface area contributed by atoms with Gasteiger partial charge in [-0.15, -0.1) is 0 Å². The summed E-state index contributed by atoms with van der Waals surface area (Å²) in [5.41, 5.74) is 2.24. The Morgan fingerprint density at radius 1 is 0.872 bits per heavy atom. The first kappa shape index (κ1) is 27.4. The number of hydrogen-bond donors (Lipinski definition) is 1. The Labute approximate surface area is 236 Å². The second-order valence-electron chi connectivity index (χ2n) is 10.2. The fourth-order valence-corrected chi connectivity index (χ4v) is 13.1. The van der Waals surface area contributed by atoms with Gasteiger partial charge >= 0.3 is 237 Å². The van der Waals surface area contributed by atoms with E-state index < -0.39 is 18.2 Å². The van der Waals surface area contributed by atoms with Crippen molar-refractivity contribution in [1.82, 2.24) is 5.09 Å². The van der Waals surface area contributed by atoms with Gasteiger partial charge in [-0.1, -0.05) is 0 Å². The number of carbonyl (C=O) groups excluding carboxylic acids is 1. The summed E-state index contributed by atoms with van der Waals surface area (Å²) in [4.78, 5) is 13.5. The quantitative estimate of drug-likeness (QED) is 0.211. The summed E-state index contributed by atoms with van der Waals surface area (Å²) in [5.74, 6) is 0.